The van der Waals surface area contributed by atoms with Gasteiger partial charge in [0.05, 0.1) is 11.7 Å². The molecule has 9 heteroatoms. The number of halogens is 1. The number of hydrogen-bond donors (Lipinski definition) is 0. The zero-order chi connectivity index (χ0) is 22.5. The fourth-order valence-electron chi connectivity index (χ4n) is 3.68. The van der Waals surface area contributed by atoms with Crippen LogP contribution in [-0.4, -0.2) is 57.8 Å². The quantitative estimate of drug-likeness (QED) is 0.589. The van der Waals surface area contributed by atoms with Gasteiger partial charge in [0.1, 0.15) is 16.6 Å². The fraction of sp³-hybridized carbons (Fsp3) is 0.304. The lowest BCUT2D eigenvalue weighted by Crippen LogP contribution is -2.40. The molecule has 1 aromatic carbocycles. The summed E-state index contributed by atoms with van der Waals surface area (Å²) in [7, 11) is 0. The van der Waals surface area contributed by atoms with Gasteiger partial charge in [-0.3, -0.25) is 14.6 Å². The van der Waals surface area contributed by atoms with Crippen LogP contribution in [0, 0.1) is 5.82 Å². The van der Waals surface area contributed by atoms with Crippen molar-refractivity contribution in [1.29, 1.82) is 0 Å². The van der Waals surface area contributed by atoms with E-state index in [2.05, 4.69) is 4.98 Å². The number of thiazole rings is 1. The molecule has 0 radical (unpaired) electrons. The van der Waals surface area contributed by atoms with E-state index in [1.54, 1.807) is 28.3 Å². The lowest BCUT2D eigenvalue weighted by molar-refractivity contribution is -0.136. The SMILES string of the molecule is CC(=O)N1CCC(c2nc(-c3ccncc3)cs2)N(C(=O)COc2cccc(F)c2)CC1. The van der Waals surface area contributed by atoms with Crippen molar-refractivity contribution in [3.8, 4) is 17.0 Å². The Morgan fingerprint density at radius 2 is 2.00 bits per heavy atom. The highest BCUT2D eigenvalue weighted by Crippen LogP contribution is 2.32. The Balaban J connectivity index is 1.55. The Bertz CT molecular complexity index is 1090. The third-order valence-electron chi connectivity index (χ3n) is 5.37. The summed E-state index contributed by atoms with van der Waals surface area (Å²) >= 11 is 1.49. The van der Waals surface area contributed by atoms with Gasteiger partial charge in [-0.2, -0.15) is 0 Å². The second-order valence-electron chi connectivity index (χ2n) is 7.45. The van der Waals surface area contributed by atoms with Crippen LogP contribution in [0.3, 0.4) is 0 Å². The van der Waals surface area contributed by atoms with Gasteiger partial charge in [0.25, 0.3) is 5.91 Å². The Morgan fingerprint density at radius 1 is 1.19 bits per heavy atom. The van der Waals surface area contributed by atoms with Crippen molar-refractivity contribution in [2.24, 2.45) is 0 Å². The fourth-order valence-corrected chi connectivity index (χ4v) is 4.66. The molecule has 0 bridgehead atoms. The van der Waals surface area contributed by atoms with E-state index >= 15 is 0 Å². The van der Waals surface area contributed by atoms with Crippen LogP contribution in [0.5, 0.6) is 5.75 Å². The molecule has 0 aliphatic carbocycles. The first kappa shape index (κ1) is 21.9. The van der Waals surface area contributed by atoms with Gasteiger partial charge in [0.2, 0.25) is 5.91 Å². The van der Waals surface area contributed by atoms with Crippen molar-refractivity contribution < 1.29 is 18.7 Å². The summed E-state index contributed by atoms with van der Waals surface area (Å²) in [4.78, 5) is 37.3. The average Bonchev–Trinajstić information content (AvgIpc) is 3.17. The molecule has 7 nitrogen and oxygen atoms in total. The standard InChI is InChI=1S/C23H23FN4O3S/c1-16(29)27-10-7-21(23-26-20(15-32-23)17-5-8-25-9-6-17)28(12-11-27)22(30)14-31-19-4-2-3-18(24)13-19/h2-6,8-9,13,15,21H,7,10-12,14H2,1H3. The number of hydrogen-bond acceptors (Lipinski definition) is 6. The lowest BCUT2D eigenvalue weighted by Gasteiger charge is -2.28. The third kappa shape index (κ3) is 5.11. The summed E-state index contributed by atoms with van der Waals surface area (Å²) in [6.45, 7) is 2.67. The molecule has 0 saturated carbocycles. The Hall–Kier alpha value is -3.33. The second-order valence-corrected chi connectivity index (χ2v) is 8.34. The largest absolute Gasteiger partial charge is 0.484 e. The summed E-state index contributed by atoms with van der Waals surface area (Å²) in [5, 5.41) is 2.77. The number of benzene rings is 1. The summed E-state index contributed by atoms with van der Waals surface area (Å²) in [5.74, 6) is -0.383. The molecule has 1 unspecified atom stereocenters. The highest BCUT2D eigenvalue weighted by Gasteiger charge is 2.32. The number of pyridine rings is 1. The van der Waals surface area contributed by atoms with Crippen molar-refractivity contribution in [3.05, 3.63) is 65.0 Å². The first-order valence-corrected chi connectivity index (χ1v) is 11.2. The maximum absolute atomic E-state index is 13.4. The van der Waals surface area contributed by atoms with Crippen molar-refractivity contribution in [2.45, 2.75) is 19.4 Å². The van der Waals surface area contributed by atoms with E-state index in [4.69, 9.17) is 9.72 Å². The molecule has 1 fully saturated rings. The molecule has 1 saturated heterocycles. The topological polar surface area (TPSA) is 75.6 Å². The number of carbonyl (C=O) groups excluding carboxylic acids is 2. The van der Waals surface area contributed by atoms with Gasteiger partial charge in [0, 0.05) is 56.0 Å². The van der Waals surface area contributed by atoms with Crippen LogP contribution in [0.2, 0.25) is 0 Å². The summed E-state index contributed by atoms with van der Waals surface area (Å²) in [6.07, 6.45) is 4.00. The number of amides is 2. The van der Waals surface area contributed by atoms with Crippen molar-refractivity contribution in [1.82, 2.24) is 19.8 Å². The third-order valence-corrected chi connectivity index (χ3v) is 6.31. The number of ether oxygens (including phenoxy) is 1. The summed E-state index contributed by atoms with van der Waals surface area (Å²) in [6, 6.07) is 9.20. The smallest absolute Gasteiger partial charge is 0.261 e. The lowest BCUT2D eigenvalue weighted by atomic mass is 10.1. The maximum Gasteiger partial charge on any atom is 0.261 e. The molecule has 3 heterocycles. The molecule has 0 spiro atoms. The zero-order valence-corrected chi connectivity index (χ0v) is 18.4. The number of rotatable bonds is 5. The highest BCUT2D eigenvalue weighted by molar-refractivity contribution is 7.10. The Morgan fingerprint density at radius 3 is 2.75 bits per heavy atom. The molecule has 0 N–H and O–H groups in total. The first-order chi connectivity index (χ1) is 15.5. The van der Waals surface area contributed by atoms with Crippen LogP contribution in [0.1, 0.15) is 24.4 Å². The van der Waals surface area contributed by atoms with Gasteiger partial charge in [-0.1, -0.05) is 6.07 Å². The monoisotopic (exact) mass is 454 g/mol. The molecule has 3 aromatic rings. The Kier molecular flexibility index (Phi) is 6.75. The zero-order valence-electron chi connectivity index (χ0n) is 17.6. The van der Waals surface area contributed by atoms with E-state index in [9.17, 15) is 14.0 Å². The van der Waals surface area contributed by atoms with Crippen LogP contribution in [0.25, 0.3) is 11.3 Å². The molecule has 1 aliphatic rings. The molecule has 4 rings (SSSR count). The molecule has 166 valence electrons. The maximum atomic E-state index is 13.4. The number of aromatic nitrogens is 2. The van der Waals surface area contributed by atoms with Gasteiger partial charge in [-0.15, -0.1) is 11.3 Å². The van der Waals surface area contributed by atoms with Crippen LogP contribution in [0.4, 0.5) is 4.39 Å². The predicted octanol–water partition coefficient (Wildman–Crippen LogP) is 3.55. The normalized spacial score (nSPS) is 16.5. The summed E-state index contributed by atoms with van der Waals surface area (Å²) in [5.41, 5.74) is 1.78. The van der Waals surface area contributed by atoms with Crippen molar-refractivity contribution in [3.63, 3.8) is 0 Å². The van der Waals surface area contributed by atoms with E-state index in [1.807, 2.05) is 17.5 Å². The van der Waals surface area contributed by atoms with Crippen molar-refractivity contribution in [2.75, 3.05) is 26.2 Å². The molecule has 1 aliphatic heterocycles. The number of nitrogens with zero attached hydrogens (tertiary/aromatic N) is 4. The molecular weight excluding hydrogens is 431 g/mol. The van der Waals surface area contributed by atoms with Gasteiger partial charge in [-0.25, -0.2) is 9.37 Å². The number of carbonyl (C=O) groups is 2. The van der Waals surface area contributed by atoms with Crippen molar-refractivity contribution >= 4 is 23.2 Å². The van der Waals surface area contributed by atoms with Gasteiger partial charge < -0.3 is 14.5 Å². The van der Waals surface area contributed by atoms with Gasteiger partial charge in [-0.05, 0) is 30.7 Å². The van der Waals surface area contributed by atoms with Gasteiger partial charge in [0.15, 0.2) is 6.61 Å². The molecule has 2 aromatic heterocycles. The molecule has 1 atom stereocenters. The highest BCUT2D eigenvalue weighted by atomic mass is 32.1. The van der Waals surface area contributed by atoms with Crippen LogP contribution in [0.15, 0.2) is 54.2 Å². The molecular formula is C23H23FN4O3S. The summed E-state index contributed by atoms with van der Waals surface area (Å²) < 4.78 is 19.0. The predicted molar refractivity (Wildman–Crippen MR) is 119 cm³/mol. The first-order valence-electron chi connectivity index (χ1n) is 10.3. The van der Waals surface area contributed by atoms with Crippen LogP contribution >= 0.6 is 11.3 Å². The van der Waals surface area contributed by atoms with E-state index in [1.165, 1.54) is 36.5 Å². The minimum absolute atomic E-state index is 0.0225. The molecule has 32 heavy (non-hydrogen) atoms. The van der Waals surface area contributed by atoms with E-state index in [-0.39, 0.29) is 24.5 Å². The minimum Gasteiger partial charge on any atom is -0.484 e. The average molecular weight is 455 g/mol. The van der Waals surface area contributed by atoms with E-state index in [0.29, 0.717) is 31.8 Å². The second kappa shape index (κ2) is 9.86. The molecule has 2 amide bonds. The van der Waals surface area contributed by atoms with Gasteiger partial charge >= 0.3 is 0 Å². The van der Waals surface area contributed by atoms with E-state index in [0.717, 1.165) is 16.3 Å². The Labute approximate surface area is 189 Å². The van der Waals surface area contributed by atoms with Crippen LogP contribution < -0.4 is 4.74 Å². The minimum atomic E-state index is -0.425. The van der Waals surface area contributed by atoms with E-state index < -0.39 is 5.82 Å². The van der Waals surface area contributed by atoms with Crippen LogP contribution in [-0.2, 0) is 9.59 Å².